The summed E-state index contributed by atoms with van der Waals surface area (Å²) in [6, 6.07) is 1.85. The van der Waals surface area contributed by atoms with Crippen LogP contribution in [-0.4, -0.2) is 25.4 Å². The minimum Gasteiger partial charge on any atom is -0.384 e. The van der Waals surface area contributed by atoms with Crippen LogP contribution in [0.3, 0.4) is 0 Å². The smallest absolute Gasteiger partial charge is 0.214 e. The van der Waals surface area contributed by atoms with E-state index in [0.29, 0.717) is 6.54 Å². The van der Waals surface area contributed by atoms with Crippen molar-refractivity contribution in [2.75, 3.05) is 6.61 Å². The summed E-state index contributed by atoms with van der Waals surface area (Å²) in [6.45, 7) is 0.157. The topological polar surface area (TPSA) is 66.4 Å². The molecular formula is C13H17NO3S2. The molecule has 0 saturated heterocycles. The zero-order chi connectivity index (χ0) is 13.7. The minimum absolute atomic E-state index is 0.167. The van der Waals surface area contributed by atoms with Gasteiger partial charge >= 0.3 is 0 Å². The highest BCUT2D eigenvalue weighted by molar-refractivity contribution is 7.90. The maximum absolute atomic E-state index is 12.0. The van der Waals surface area contributed by atoms with E-state index in [1.54, 1.807) is 0 Å². The standard InChI is InChI=1S/C13H17NO3S2/c15-7-3-4-11-8-12(18-10-11)9-14-19(16,17)13-5-1-2-6-13/h8,10,13-15H,1-2,5-7,9H2. The highest BCUT2D eigenvalue weighted by Crippen LogP contribution is 2.24. The molecule has 6 heteroatoms. The molecule has 0 bridgehead atoms. The van der Waals surface area contributed by atoms with Gasteiger partial charge in [-0.1, -0.05) is 24.7 Å². The average Bonchev–Trinajstić information content (AvgIpc) is 3.05. The van der Waals surface area contributed by atoms with Crippen LogP contribution in [0.4, 0.5) is 0 Å². The van der Waals surface area contributed by atoms with Gasteiger partial charge in [0.2, 0.25) is 10.0 Å². The second-order valence-corrected chi connectivity index (χ2v) is 7.58. The van der Waals surface area contributed by atoms with Crippen LogP contribution >= 0.6 is 11.3 Å². The van der Waals surface area contributed by atoms with Gasteiger partial charge in [0, 0.05) is 22.4 Å². The number of sulfonamides is 1. The molecule has 1 fully saturated rings. The Morgan fingerprint density at radius 1 is 1.42 bits per heavy atom. The lowest BCUT2D eigenvalue weighted by molar-refractivity contribution is 0.350. The van der Waals surface area contributed by atoms with E-state index in [2.05, 4.69) is 16.6 Å². The van der Waals surface area contributed by atoms with E-state index in [-0.39, 0.29) is 11.9 Å². The monoisotopic (exact) mass is 299 g/mol. The molecule has 0 amide bonds. The van der Waals surface area contributed by atoms with Crippen molar-refractivity contribution >= 4 is 21.4 Å². The minimum atomic E-state index is -3.19. The quantitative estimate of drug-likeness (QED) is 0.827. The Balaban J connectivity index is 1.93. The lowest BCUT2D eigenvalue weighted by Crippen LogP contribution is -2.31. The van der Waals surface area contributed by atoms with Crippen LogP contribution < -0.4 is 4.72 Å². The Bertz CT molecular complexity index is 575. The molecule has 19 heavy (non-hydrogen) atoms. The summed E-state index contributed by atoms with van der Waals surface area (Å²) in [4.78, 5) is 0.934. The van der Waals surface area contributed by atoms with E-state index in [4.69, 9.17) is 5.11 Å². The van der Waals surface area contributed by atoms with Crippen LogP contribution in [0.5, 0.6) is 0 Å². The van der Waals surface area contributed by atoms with E-state index in [9.17, 15) is 8.42 Å². The molecule has 0 unspecified atom stereocenters. The summed E-state index contributed by atoms with van der Waals surface area (Å²) in [5, 5.41) is 10.2. The Morgan fingerprint density at radius 2 is 2.16 bits per heavy atom. The van der Waals surface area contributed by atoms with Gasteiger partial charge in [-0.25, -0.2) is 13.1 Å². The molecule has 0 atom stereocenters. The molecule has 1 aliphatic carbocycles. The first-order valence-electron chi connectivity index (χ1n) is 6.27. The predicted octanol–water partition coefficient (Wildman–Crippen LogP) is 1.45. The largest absolute Gasteiger partial charge is 0.384 e. The summed E-state index contributed by atoms with van der Waals surface area (Å²) < 4.78 is 26.7. The molecule has 0 spiro atoms. The summed E-state index contributed by atoms with van der Waals surface area (Å²) in [5.41, 5.74) is 0.814. The Hall–Kier alpha value is -0.870. The second-order valence-electron chi connectivity index (χ2n) is 4.53. The Morgan fingerprint density at radius 3 is 2.84 bits per heavy atom. The molecule has 1 aromatic rings. The van der Waals surface area contributed by atoms with Crippen LogP contribution in [0.25, 0.3) is 0 Å². The molecule has 0 aliphatic heterocycles. The molecule has 1 saturated carbocycles. The van der Waals surface area contributed by atoms with Gasteiger partial charge in [0.05, 0.1) is 5.25 Å². The average molecular weight is 299 g/mol. The third-order valence-electron chi connectivity index (χ3n) is 3.15. The van der Waals surface area contributed by atoms with Gasteiger partial charge in [-0.05, 0) is 18.9 Å². The first-order chi connectivity index (χ1) is 9.12. The van der Waals surface area contributed by atoms with Gasteiger partial charge in [0.1, 0.15) is 6.61 Å². The summed E-state index contributed by atoms with van der Waals surface area (Å²) in [7, 11) is -3.19. The van der Waals surface area contributed by atoms with Crippen LogP contribution in [0.1, 0.15) is 36.1 Å². The number of thiophene rings is 1. The molecule has 104 valence electrons. The summed E-state index contributed by atoms with van der Waals surface area (Å²) in [6.07, 6.45) is 3.55. The molecule has 4 nitrogen and oxygen atoms in total. The van der Waals surface area contributed by atoms with Crippen molar-refractivity contribution < 1.29 is 13.5 Å². The number of nitrogens with one attached hydrogen (secondary N) is 1. The summed E-state index contributed by atoms with van der Waals surface area (Å²) >= 11 is 1.47. The zero-order valence-electron chi connectivity index (χ0n) is 10.6. The van der Waals surface area contributed by atoms with Crippen molar-refractivity contribution in [3.63, 3.8) is 0 Å². The van der Waals surface area contributed by atoms with E-state index < -0.39 is 10.0 Å². The highest BCUT2D eigenvalue weighted by Gasteiger charge is 2.28. The number of hydrogen-bond acceptors (Lipinski definition) is 4. The van der Waals surface area contributed by atoms with E-state index in [0.717, 1.165) is 36.1 Å². The lowest BCUT2D eigenvalue weighted by Gasteiger charge is -2.11. The van der Waals surface area contributed by atoms with Crippen molar-refractivity contribution in [1.82, 2.24) is 4.72 Å². The molecule has 0 aromatic carbocycles. The molecule has 1 aliphatic rings. The van der Waals surface area contributed by atoms with Crippen molar-refractivity contribution in [2.45, 2.75) is 37.5 Å². The predicted molar refractivity (Wildman–Crippen MR) is 76.3 cm³/mol. The molecule has 2 rings (SSSR count). The number of hydrogen-bond donors (Lipinski definition) is 2. The Kier molecular flexibility index (Phi) is 4.99. The first kappa shape index (κ1) is 14.5. The van der Waals surface area contributed by atoms with Gasteiger partial charge in [0.15, 0.2) is 0 Å². The van der Waals surface area contributed by atoms with E-state index in [1.165, 1.54) is 11.3 Å². The van der Waals surface area contributed by atoms with Crippen LogP contribution in [0.2, 0.25) is 0 Å². The van der Waals surface area contributed by atoms with E-state index >= 15 is 0 Å². The number of rotatable bonds is 4. The fourth-order valence-electron chi connectivity index (χ4n) is 2.17. The molecule has 2 N–H and O–H groups in total. The maximum Gasteiger partial charge on any atom is 0.214 e. The number of aliphatic hydroxyl groups is 1. The Labute approximate surface area is 117 Å². The van der Waals surface area contributed by atoms with Crippen LogP contribution in [-0.2, 0) is 16.6 Å². The molecule has 1 heterocycles. The van der Waals surface area contributed by atoms with Crippen LogP contribution in [0, 0.1) is 11.8 Å². The highest BCUT2D eigenvalue weighted by atomic mass is 32.2. The lowest BCUT2D eigenvalue weighted by atomic mass is 10.3. The second kappa shape index (κ2) is 6.53. The summed E-state index contributed by atoms with van der Waals surface area (Å²) in [5.74, 6) is 5.37. The third-order valence-corrected chi connectivity index (χ3v) is 5.99. The van der Waals surface area contributed by atoms with Crippen LogP contribution in [0.15, 0.2) is 11.4 Å². The van der Waals surface area contributed by atoms with Crippen molar-refractivity contribution in [2.24, 2.45) is 0 Å². The van der Waals surface area contributed by atoms with Gasteiger partial charge in [0.25, 0.3) is 0 Å². The van der Waals surface area contributed by atoms with Gasteiger partial charge in [-0.3, -0.25) is 0 Å². The fourth-order valence-corrected chi connectivity index (χ4v) is 4.56. The first-order valence-corrected chi connectivity index (χ1v) is 8.70. The van der Waals surface area contributed by atoms with Crippen molar-refractivity contribution in [3.05, 3.63) is 21.9 Å². The zero-order valence-corrected chi connectivity index (χ0v) is 12.2. The maximum atomic E-state index is 12.0. The molecular weight excluding hydrogens is 282 g/mol. The van der Waals surface area contributed by atoms with Gasteiger partial charge in [-0.15, -0.1) is 11.3 Å². The number of aliphatic hydroxyl groups excluding tert-OH is 1. The molecule has 1 aromatic heterocycles. The van der Waals surface area contributed by atoms with Crippen molar-refractivity contribution in [1.29, 1.82) is 0 Å². The normalized spacial score (nSPS) is 16.3. The van der Waals surface area contributed by atoms with Gasteiger partial charge < -0.3 is 5.11 Å². The van der Waals surface area contributed by atoms with Crippen molar-refractivity contribution in [3.8, 4) is 11.8 Å². The van der Waals surface area contributed by atoms with E-state index in [1.807, 2.05) is 11.4 Å². The SMILES string of the molecule is O=S(=O)(NCc1cc(C#CCO)cs1)C1CCCC1. The fraction of sp³-hybridized carbons (Fsp3) is 0.538. The third kappa shape index (κ3) is 4.05. The van der Waals surface area contributed by atoms with Gasteiger partial charge in [-0.2, -0.15) is 0 Å². The molecule has 0 radical (unpaired) electrons.